The average molecular weight is 804 g/mol. The number of thiazole rings is 2. The fourth-order valence-electron chi connectivity index (χ4n) is 6.08. The first-order valence-electron chi connectivity index (χ1n) is 18.7. The van der Waals surface area contributed by atoms with Gasteiger partial charge >= 0.3 is 5.97 Å². The third kappa shape index (κ3) is 10.2. The van der Waals surface area contributed by atoms with Crippen molar-refractivity contribution in [2.75, 3.05) is 51.9 Å². The number of anilines is 2. The number of carbonyl (C=O) groups is 1. The third-order valence-electron chi connectivity index (χ3n) is 9.16. The van der Waals surface area contributed by atoms with Crippen LogP contribution in [0.5, 0.6) is 0 Å². The fraction of sp³-hybridized carbons (Fsp3) is 0.475. The summed E-state index contributed by atoms with van der Waals surface area (Å²) in [6.07, 6.45) is 6.65. The predicted octanol–water partition coefficient (Wildman–Crippen LogP) is 7.74. The molecule has 1 aliphatic heterocycles. The van der Waals surface area contributed by atoms with Crippen LogP contribution in [-0.2, 0) is 33.8 Å². The number of carbonyl (C=O) groups excluding carboxylic acids is 1. The van der Waals surface area contributed by atoms with E-state index in [2.05, 4.69) is 58.4 Å². The minimum atomic E-state index is -1.89. The number of hydrogen-bond donors (Lipinski definition) is 0. The molecule has 0 bridgehead atoms. The van der Waals surface area contributed by atoms with Gasteiger partial charge in [-0.3, -0.25) is 9.47 Å². The molecule has 1 atom stereocenters. The minimum Gasteiger partial charge on any atom is -0.461 e. The van der Waals surface area contributed by atoms with Gasteiger partial charge in [0, 0.05) is 49.2 Å². The topological polar surface area (TPSA) is 107 Å². The highest BCUT2D eigenvalue weighted by Gasteiger charge is 2.31. The molecule has 6 rings (SSSR count). The van der Waals surface area contributed by atoms with Crippen molar-refractivity contribution in [3.8, 4) is 11.8 Å². The third-order valence-corrected chi connectivity index (χ3v) is 13.1. The van der Waals surface area contributed by atoms with E-state index in [1.54, 1.807) is 30.4 Å². The van der Waals surface area contributed by atoms with Gasteiger partial charge in [0.2, 0.25) is 5.85 Å². The van der Waals surface area contributed by atoms with Crippen LogP contribution in [0.25, 0.3) is 10.2 Å². The highest BCUT2D eigenvalue weighted by atomic mass is 32.1. The molecule has 55 heavy (non-hydrogen) atoms. The van der Waals surface area contributed by atoms with Crippen molar-refractivity contribution >= 4 is 63.7 Å². The Bertz CT molecular complexity index is 2210. The zero-order valence-electron chi connectivity index (χ0n) is 32.8. The molecule has 0 spiro atoms. The molecule has 4 heterocycles. The van der Waals surface area contributed by atoms with E-state index in [1.807, 2.05) is 43.0 Å². The standard InChI is InChI=1S/C40H50FN7O4S2Si/c1-8-51-37(49)34-33(16-12-24-52-40(41)20-17-29(18-21-40)13-11-22-46(3)4)54-38(42-34)47-23-19-30-28(2)35(44-45-36(30)47)43-39-48(27-50-25-26-55(5,6)7)31-14-9-10-15-32(31)53-39/h9-10,14-15,17-18,20H,8,12,16,19,21-27H2,1-7H3. The number of fused-ring (bicyclic) bond motifs is 2. The van der Waals surface area contributed by atoms with E-state index in [9.17, 15) is 4.79 Å². The van der Waals surface area contributed by atoms with Gasteiger partial charge in [-0.05, 0) is 77.5 Å². The normalized spacial score (nSPS) is 17.1. The molecule has 4 aromatic rings. The van der Waals surface area contributed by atoms with E-state index < -0.39 is 19.9 Å². The molecule has 1 unspecified atom stereocenters. The molecular weight excluding hydrogens is 754 g/mol. The van der Waals surface area contributed by atoms with Crippen molar-refractivity contribution in [3.05, 3.63) is 74.6 Å². The molecule has 0 N–H and O–H groups in total. The monoisotopic (exact) mass is 803 g/mol. The van der Waals surface area contributed by atoms with Crippen LogP contribution in [0.15, 0.2) is 53.1 Å². The summed E-state index contributed by atoms with van der Waals surface area (Å²) in [5.41, 5.74) is 4.12. The molecule has 0 saturated heterocycles. The number of rotatable bonds is 15. The summed E-state index contributed by atoms with van der Waals surface area (Å²) < 4.78 is 35.9. The van der Waals surface area contributed by atoms with Crippen LogP contribution in [0.1, 0.15) is 46.3 Å². The summed E-state index contributed by atoms with van der Waals surface area (Å²) in [5, 5.41) is 9.91. The SMILES string of the molecule is CCOC(=O)c1nc(N2CCc3c2nnc(N=c2sc4ccccc4n2COCC[Si](C)(C)C)c3C)sc1CCCOC1(F)C=CC(C#CCN(C)C)=CC1. The molecular formula is C40H50FN7O4S2Si. The number of nitrogens with zero attached hydrogens (tertiary/aromatic N) is 7. The van der Waals surface area contributed by atoms with Crippen LogP contribution >= 0.6 is 22.7 Å². The van der Waals surface area contributed by atoms with Gasteiger partial charge in [-0.2, -0.15) is 4.99 Å². The maximum Gasteiger partial charge on any atom is 0.358 e. The van der Waals surface area contributed by atoms with Gasteiger partial charge in [0.05, 0.1) is 30.0 Å². The van der Waals surface area contributed by atoms with Crippen LogP contribution in [-0.4, -0.2) is 91.6 Å². The minimum absolute atomic E-state index is 0.0927. The number of aryl methyl sites for hydroxylation is 1. The zero-order valence-corrected chi connectivity index (χ0v) is 35.4. The van der Waals surface area contributed by atoms with Crippen molar-refractivity contribution in [1.82, 2.24) is 24.6 Å². The molecule has 3 aromatic heterocycles. The highest BCUT2D eigenvalue weighted by molar-refractivity contribution is 7.16. The molecule has 0 fully saturated rings. The largest absolute Gasteiger partial charge is 0.461 e. The summed E-state index contributed by atoms with van der Waals surface area (Å²) >= 11 is 3.02. The maximum absolute atomic E-state index is 15.4. The highest BCUT2D eigenvalue weighted by Crippen LogP contribution is 2.40. The van der Waals surface area contributed by atoms with Crippen LogP contribution < -0.4 is 9.70 Å². The van der Waals surface area contributed by atoms with Gasteiger partial charge in [-0.15, -0.1) is 21.5 Å². The molecule has 0 saturated carbocycles. The Morgan fingerprint density at radius 2 is 1.98 bits per heavy atom. The second-order valence-electron chi connectivity index (χ2n) is 15.1. The lowest BCUT2D eigenvalue weighted by Crippen LogP contribution is -2.26. The first-order chi connectivity index (χ1) is 26.3. The molecule has 11 nitrogen and oxygen atoms in total. The Morgan fingerprint density at radius 1 is 1.16 bits per heavy atom. The van der Waals surface area contributed by atoms with Crippen molar-refractivity contribution in [3.63, 3.8) is 0 Å². The van der Waals surface area contributed by atoms with Gasteiger partial charge in [-0.1, -0.05) is 61.0 Å². The van der Waals surface area contributed by atoms with Crippen LogP contribution in [0.2, 0.25) is 25.7 Å². The van der Waals surface area contributed by atoms with Crippen molar-refractivity contribution < 1.29 is 23.4 Å². The number of para-hydroxylation sites is 1. The molecule has 1 aromatic carbocycles. The summed E-state index contributed by atoms with van der Waals surface area (Å²) in [4.78, 5) is 28.4. The van der Waals surface area contributed by atoms with Gasteiger partial charge in [-0.25, -0.2) is 14.2 Å². The van der Waals surface area contributed by atoms with E-state index in [4.69, 9.17) is 24.2 Å². The smallest absolute Gasteiger partial charge is 0.358 e. The van der Waals surface area contributed by atoms with Crippen LogP contribution in [0, 0.1) is 18.8 Å². The predicted molar refractivity (Wildman–Crippen MR) is 221 cm³/mol. The molecule has 0 radical (unpaired) electrons. The summed E-state index contributed by atoms with van der Waals surface area (Å²) in [6, 6.07) is 9.34. The van der Waals surface area contributed by atoms with Crippen LogP contribution in [0.3, 0.4) is 0 Å². The second kappa shape index (κ2) is 17.8. The van der Waals surface area contributed by atoms with Gasteiger partial charge < -0.3 is 19.1 Å². The number of aromatic nitrogens is 4. The number of halogens is 1. The van der Waals surface area contributed by atoms with Gasteiger partial charge in [0.1, 0.15) is 6.73 Å². The first-order valence-corrected chi connectivity index (χ1v) is 24.1. The number of alkyl halides is 1. The molecule has 0 amide bonds. The van der Waals surface area contributed by atoms with E-state index >= 15 is 4.39 Å². The number of esters is 1. The lowest BCUT2D eigenvalue weighted by molar-refractivity contribution is -0.105. The Balaban J connectivity index is 1.17. The van der Waals surface area contributed by atoms with Gasteiger partial charge in [0.15, 0.2) is 27.3 Å². The van der Waals surface area contributed by atoms with E-state index in [-0.39, 0.29) is 25.3 Å². The quantitative estimate of drug-likeness (QED) is 0.0517. The molecule has 2 aliphatic rings. The maximum atomic E-state index is 15.4. The second-order valence-corrected chi connectivity index (χ2v) is 22.7. The summed E-state index contributed by atoms with van der Waals surface area (Å²) in [6.45, 7) is 13.6. The summed E-state index contributed by atoms with van der Waals surface area (Å²) in [5.74, 6) is 5.02. The van der Waals surface area contributed by atoms with Crippen molar-refractivity contribution in [1.29, 1.82) is 0 Å². The first kappa shape index (κ1) is 40.6. The summed E-state index contributed by atoms with van der Waals surface area (Å²) in [7, 11) is 2.68. The van der Waals surface area contributed by atoms with E-state index in [1.165, 1.54) is 17.4 Å². The lowest BCUT2D eigenvalue weighted by Gasteiger charge is -2.23. The number of allylic oxidation sites excluding steroid dienone is 2. The number of hydrogen-bond acceptors (Lipinski definition) is 12. The number of ether oxygens (including phenoxy) is 3. The van der Waals surface area contributed by atoms with Crippen molar-refractivity contribution in [2.45, 2.75) is 77.8 Å². The van der Waals surface area contributed by atoms with E-state index in [0.29, 0.717) is 56.0 Å². The Morgan fingerprint density at radius 3 is 2.73 bits per heavy atom. The molecule has 292 valence electrons. The lowest BCUT2D eigenvalue weighted by atomic mass is 10.0. The fourth-order valence-corrected chi connectivity index (χ4v) is 8.98. The number of benzene rings is 1. The Hall–Kier alpha value is -4.04. The van der Waals surface area contributed by atoms with E-state index in [0.717, 1.165) is 49.1 Å². The Kier molecular flexibility index (Phi) is 13.2. The molecule has 1 aliphatic carbocycles. The average Bonchev–Trinajstić information content (AvgIpc) is 3.86. The van der Waals surface area contributed by atoms with Crippen molar-refractivity contribution in [2.24, 2.45) is 4.99 Å². The van der Waals surface area contributed by atoms with Crippen LogP contribution in [0.4, 0.5) is 21.2 Å². The Labute approximate surface area is 331 Å². The zero-order chi connectivity index (χ0) is 39.2. The van der Waals surface area contributed by atoms with Gasteiger partial charge in [0.25, 0.3) is 0 Å². The molecule has 15 heteroatoms.